The molecule has 1 rings (SSSR count). The number of carbonyl (C=O) groups excluding carboxylic acids is 1. The number of aryl methyl sites for hydroxylation is 1. The van der Waals surface area contributed by atoms with Crippen LogP contribution in [0.2, 0.25) is 0 Å². The lowest BCUT2D eigenvalue weighted by Gasteiger charge is -2.27. The number of thioether (sulfide) groups is 1. The average molecular weight is 274 g/mol. The Hall–Kier alpha value is -0.660. The normalized spacial score (nSPS) is 16.5. The molecule has 0 spiro atoms. The summed E-state index contributed by atoms with van der Waals surface area (Å²) in [5, 5.41) is 12.2. The molecule has 5 nitrogen and oxygen atoms in total. The molecule has 3 N–H and O–H groups in total. The Labute approximate surface area is 110 Å². The Kier molecular flexibility index (Phi) is 4.91. The van der Waals surface area contributed by atoms with E-state index in [0.29, 0.717) is 6.42 Å². The molecule has 1 aromatic heterocycles. The van der Waals surface area contributed by atoms with Crippen molar-refractivity contribution >= 4 is 29.0 Å². The summed E-state index contributed by atoms with van der Waals surface area (Å²) >= 11 is 3.18. The lowest BCUT2D eigenvalue weighted by Crippen LogP contribution is -2.52. The highest BCUT2D eigenvalue weighted by Gasteiger charge is 2.31. The van der Waals surface area contributed by atoms with Crippen molar-refractivity contribution in [2.75, 3.05) is 7.05 Å². The second kappa shape index (κ2) is 5.79. The molecule has 0 aliphatic carbocycles. The van der Waals surface area contributed by atoms with Gasteiger partial charge in [-0.25, -0.2) is 0 Å². The summed E-state index contributed by atoms with van der Waals surface area (Å²) in [5.41, 5.74) is 4.72. The molecule has 17 heavy (non-hydrogen) atoms. The number of primary amides is 1. The van der Waals surface area contributed by atoms with Crippen molar-refractivity contribution in [1.29, 1.82) is 0 Å². The number of hydrogen-bond donors (Lipinski definition) is 2. The van der Waals surface area contributed by atoms with E-state index in [4.69, 9.17) is 5.73 Å². The van der Waals surface area contributed by atoms with Crippen molar-refractivity contribution in [2.24, 2.45) is 5.73 Å². The second-order valence-corrected chi connectivity index (χ2v) is 7.03. The summed E-state index contributed by atoms with van der Waals surface area (Å²) in [6.07, 6.45) is 0.655. The fraction of sp³-hybridized carbons (Fsp3) is 0.700. The van der Waals surface area contributed by atoms with Gasteiger partial charge in [0.2, 0.25) is 5.91 Å². The van der Waals surface area contributed by atoms with Gasteiger partial charge in [-0.05, 0) is 27.3 Å². The van der Waals surface area contributed by atoms with Gasteiger partial charge in [-0.2, -0.15) is 0 Å². The molecule has 0 aliphatic heterocycles. The first-order chi connectivity index (χ1) is 7.87. The first-order valence-corrected chi connectivity index (χ1v) is 7.02. The maximum Gasteiger partial charge on any atom is 0.237 e. The van der Waals surface area contributed by atoms with Crippen LogP contribution in [-0.2, 0) is 4.79 Å². The van der Waals surface area contributed by atoms with E-state index in [2.05, 4.69) is 22.4 Å². The van der Waals surface area contributed by atoms with Gasteiger partial charge in [0.1, 0.15) is 5.01 Å². The molecule has 0 radical (unpaired) electrons. The monoisotopic (exact) mass is 274 g/mol. The van der Waals surface area contributed by atoms with Crippen molar-refractivity contribution in [3.63, 3.8) is 0 Å². The average Bonchev–Trinajstić information content (AvgIpc) is 2.63. The van der Waals surface area contributed by atoms with E-state index in [1.165, 1.54) is 0 Å². The number of nitrogens with two attached hydrogens (primary N) is 1. The molecule has 0 saturated heterocycles. The Bertz CT molecular complexity index is 395. The summed E-state index contributed by atoms with van der Waals surface area (Å²) in [7, 11) is 1.75. The van der Waals surface area contributed by atoms with Gasteiger partial charge in [-0.15, -0.1) is 10.2 Å². The van der Waals surface area contributed by atoms with Gasteiger partial charge in [-0.1, -0.05) is 30.0 Å². The number of nitrogens with one attached hydrogen (secondary N) is 1. The van der Waals surface area contributed by atoms with Crippen LogP contribution in [-0.4, -0.2) is 33.9 Å². The summed E-state index contributed by atoms with van der Waals surface area (Å²) in [6, 6.07) is 0. The second-order valence-electron chi connectivity index (χ2n) is 4.17. The maximum atomic E-state index is 11.4. The molecular weight excluding hydrogens is 256 g/mol. The van der Waals surface area contributed by atoms with Crippen LogP contribution < -0.4 is 11.1 Å². The van der Waals surface area contributed by atoms with Gasteiger partial charge >= 0.3 is 0 Å². The van der Waals surface area contributed by atoms with E-state index in [1.807, 2.05) is 13.8 Å². The number of carbonyl (C=O) groups is 1. The predicted octanol–water partition coefficient (Wildman–Crippen LogP) is 1.18. The van der Waals surface area contributed by atoms with Crippen LogP contribution >= 0.6 is 23.1 Å². The van der Waals surface area contributed by atoms with Crippen LogP contribution in [0.25, 0.3) is 0 Å². The first-order valence-electron chi connectivity index (χ1n) is 5.33. The fourth-order valence-corrected chi connectivity index (χ4v) is 3.75. The van der Waals surface area contributed by atoms with Crippen molar-refractivity contribution in [2.45, 2.75) is 42.3 Å². The molecule has 0 aromatic carbocycles. The van der Waals surface area contributed by atoms with Crippen molar-refractivity contribution in [1.82, 2.24) is 15.5 Å². The smallest absolute Gasteiger partial charge is 0.237 e. The highest BCUT2D eigenvalue weighted by Crippen LogP contribution is 2.30. The molecule has 2 unspecified atom stereocenters. The summed E-state index contributed by atoms with van der Waals surface area (Å²) in [4.78, 5) is 11.4. The highest BCUT2D eigenvalue weighted by atomic mass is 32.2. The van der Waals surface area contributed by atoms with E-state index in [0.717, 1.165) is 9.35 Å². The van der Waals surface area contributed by atoms with Crippen molar-refractivity contribution < 1.29 is 4.79 Å². The highest BCUT2D eigenvalue weighted by molar-refractivity contribution is 8.01. The van der Waals surface area contributed by atoms with E-state index < -0.39 is 5.54 Å². The topological polar surface area (TPSA) is 80.9 Å². The predicted molar refractivity (Wildman–Crippen MR) is 71.2 cm³/mol. The van der Waals surface area contributed by atoms with Gasteiger partial charge in [0.25, 0.3) is 0 Å². The zero-order valence-corrected chi connectivity index (χ0v) is 12.1. The zero-order valence-electron chi connectivity index (χ0n) is 10.5. The molecular formula is C10H18N4OS2. The molecule has 0 saturated carbocycles. The summed E-state index contributed by atoms with van der Waals surface area (Å²) in [5.74, 6) is -0.333. The summed E-state index contributed by atoms with van der Waals surface area (Å²) < 4.78 is 0.929. The fourth-order valence-electron chi connectivity index (χ4n) is 1.44. The third-order valence-corrected chi connectivity index (χ3v) is 4.63. The van der Waals surface area contributed by atoms with Crippen LogP contribution in [0.3, 0.4) is 0 Å². The molecule has 0 bridgehead atoms. The largest absolute Gasteiger partial charge is 0.368 e. The van der Waals surface area contributed by atoms with Gasteiger partial charge in [0.05, 0.1) is 5.54 Å². The number of likely N-dealkylation sites (N-methyl/N-ethyl adjacent to an activating group) is 1. The van der Waals surface area contributed by atoms with Crippen molar-refractivity contribution in [3.05, 3.63) is 5.01 Å². The third-order valence-electron chi connectivity index (χ3n) is 2.60. The molecule has 1 heterocycles. The van der Waals surface area contributed by atoms with Gasteiger partial charge < -0.3 is 11.1 Å². The zero-order chi connectivity index (χ0) is 13.1. The molecule has 0 fully saturated rings. The van der Waals surface area contributed by atoms with Crippen LogP contribution in [0.1, 0.15) is 25.3 Å². The lowest BCUT2D eigenvalue weighted by molar-refractivity contribution is -0.123. The Morgan fingerprint density at radius 1 is 1.65 bits per heavy atom. The van der Waals surface area contributed by atoms with E-state index in [9.17, 15) is 4.79 Å². The molecule has 2 atom stereocenters. The molecule has 1 aromatic rings. The molecule has 0 aliphatic rings. The first kappa shape index (κ1) is 14.4. The van der Waals surface area contributed by atoms with Gasteiger partial charge in [-0.3, -0.25) is 4.79 Å². The Morgan fingerprint density at radius 2 is 2.29 bits per heavy atom. The third kappa shape index (κ3) is 3.93. The van der Waals surface area contributed by atoms with Gasteiger partial charge in [0.15, 0.2) is 4.34 Å². The van der Waals surface area contributed by atoms with Crippen LogP contribution in [0, 0.1) is 6.92 Å². The number of amides is 1. The SMILES string of the molecule is CNC(C)(CC(C)Sc1nnc(C)s1)C(N)=O. The Morgan fingerprint density at radius 3 is 2.71 bits per heavy atom. The van der Waals surface area contributed by atoms with Crippen LogP contribution in [0.4, 0.5) is 0 Å². The minimum absolute atomic E-state index is 0.243. The van der Waals surface area contributed by atoms with E-state index >= 15 is 0 Å². The minimum atomic E-state index is -0.674. The molecule has 1 amide bonds. The van der Waals surface area contributed by atoms with E-state index in [-0.39, 0.29) is 11.2 Å². The quantitative estimate of drug-likeness (QED) is 0.761. The number of aromatic nitrogens is 2. The van der Waals surface area contributed by atoms with Crippen LogP contribution in [0.5, 0.6) is 0 Å². The number of hydrogen-bond acceptors (Lipinski definition) is 6. The summed E-state index contributed by atoms with van der Waals surface area (Å²) in [6.45, 7) is 5.80. The standard InChI is InChI=1S/C10H18N4OS2/c1-6(5-10(3,12-4)8(11)15)16-9-14-13-7(2)17-9/h6,12H,5H2,1-4H3,(H2,11,15). The minimum Gasteiger partial charge on any atom is -0.368 e. The number of nitrogens with zero attached hydrogens (tertiary/aromatic N) is 2. The number of rotatable bonds is 6. The van der Waals surface area contributed by atoms with Crippen LogP contribution in [0.15, 0.2) is 4.34 Å². The van der Waals surface area contributed by atoms with Gasteiger partial charge in [0, 0.05) is 5.25 Å². The molecule has 7 heteroatoms. The molecule has 96 valence electrons. The lowest BCUT2D eigenvalue weighted by atomic mass is 9.95. The van der Waals surface area contributed by atoms with E-state index in [1.54, 1.807) is 30.1 Å². The Balaban J connectivity index is 2.59. The maximum absolute atomic E-state index is 11.4. The van der Waals surface area contributed by atoms with Crippen molar-refractivity contribution in [3.8, 4) is 0 Å².